The fourth-order valence-corrected chi connectivity index (χ4v) is 4.40. The number of aromatic nitrogens is 3. The van der Waals surface area contributed by atoms with E-state index in [4.69, 9.17) is 0 Å². The number of para-hydroxylation sites is 1. The molecule has 0 unspecified atom stereocenters. The average molecular weight is 351 g/mol. The zero-order valence-corrected chi connectivity index (χ0v) is 14.3. The molecule has 5 rings (SSSR count). The van der Waals surface area contributed by atoms with Gasteiger partial charge in [0.2, 0.25) is 5.95 Å². The first-order chi connectivity index (χ1) is 12.6. The first-order valence-corrected chi connectivity index (χ1v) is 8.78. The molecule has 1 N–H and O–H groups in total. The molecule has 2 aliphatic rings. The molecule has 0 spiro atoms. The molecule has 26 heavy (non-hydrogen) atoms. The number of urea groups is 1. The maximum atomic E-state index is 14.1. The fraction of sp³-hybridized carbons (Fsp3) is 0.316. The summed E-state index contributed by atoms with van der Waals surface area (Å²) in [4.78, 5) is 18.6. The van der Waals surface area contributed by atoms with Crippen molar-refractivity contribution in [1.82, 2.24) is 19.7 Å². The van der Waals surface area contributed by atoms with Gasteiger partial charge in [-0.3, -0.25) is 10.00 Å². The van der Waals surface area contributed by atoms with Crippen LogP contribution >= 0.6 is 0 Å². The van der Waals surface area contributed by atoms with Crippen LogP contribution in [0, 0.1) is 5.95 Å². The van der Waals surface area contributed by atoms with Gasteiger partial charge in [0.05, 0.1) is 11.6 Å². The second kappa shape index (κ2) is 5.52. The predicted octanol–water partition coefficient (Wildman–Crippen LogP) is 3.40. The summed E-state index contributed by atoms with van der Waals surface area (Å²) in [5, 5.41) is 8.31. The highest BCUT2D eigenvalue weighted by Gasteiger charge is 2.43. The van der Waals surface area contributed by atoms with Crippen LogP contribution in [0.4, 0.5) is 15.0 Å². The van der Waals surface area contributed by atoms with E-state index in [1.165, 1.54) is 6.20 Å². The normalized spacial score (nSPS) is 21.1. The Morgan fingerprint density at radius 2 is 2.12 bits per heavy atom. The molecule has 132 valence electrons. The predicted molar refractivity (Wildman–Crippen MR) is 95.2 cm³/mol. The van der Waals surface area contributed by atoms with Crippen molar-refractivity contribution < 1.29 is 9.18 Å². The van der Waals surface area contributed by atoms with Gasteiger partial charge >= 0.3 is 6.03 Å². The Kier molecular flexibility index (Phi) is 3.25. The molecule has 0 radical (unpaired) electrons. The van der Waals surface area contributed by atoms with Crippen molar-refractivity contribution in [2.24, 2.45) is 7.05 Å². The van der Waals surface area contributed by atoms with Gasteiger partial charge in [-0.15, -0.1) is 0 Å². The average Bonchev–Trinajstić information content (AvgIpc) is 3.13. The van der Waals surface area contributed by atoms with Crippen molar-refractivity contribution in [3.63, 3.8) is 0 Å². The monoisotopic (exact) mass is 351 g/mol. The topological polar surface area (TPSA) is 63.1 Å². The summed E-state index contributed by atoms with van der Waals surface area (Å²) < 4.78 is 15.8. The van der Waals surface area contributed by atoms with Crippen LogP contribution in [0.3, 0.4) is 0 Å². The summed E-state index contributed by atoms with van der Waals surface area (Å²) in [5.74, 6) is 0.148. The Balaban J connectivity index is 1.48. The van der Waals surface area contributed by atoms with Crippen molar-refractivity contribution in [3.05, 3.63) is 53.6 Å². The number of benzene rings is 1. The highest BCUT2D eigenvalue weighted by atomic mass is 19.1. The zero-order valence-electron chi connectivity index (χ0n) is 14.3. The molecule has 6 nitrogen and oxygen atoms in total. The lowest BCUT2D eigenvalue weighted by atomic mass is 9.95. The summed E-state index contributed by atoms with van der Waals surface area (Å²) >= 11 is 0. The molecule has 2 aliphatic heterocycles. The second-order valence-corrected chi connectivity index (χ2v) is 6.95. The number of halogens is 1. The summed E-state index contributed by atoms with van der Waals surface area (Å²) in [6.45, 7) is 0. The van der Waals surface area contributed by atoms with Crippen LogP contribution in [0.25, 0.3) is 10.9 Å². The molecule has 1 fully saturated rings. The molecule has 0 aliphatic carbocycles. The van der Waals surface area contributed by atoms with Gasteiger partial charge in [-0.1, -0.05) is 12.1 Å². The Morgan fingerprint density at radius 1 is 1.27 bits per heavy atom. The molecule has 4 heterocycles. The van der Waals surface area contributed by atoms with Crippen LogP contribution in [0.1, 0.15) is 30.0 Å². The number of amides is 2. The van der Waals surface area contributed by atoms with Crippen LogP contribution in [0.5, 0.6) is 0 Å². The molecular formula is C19H18FN5O. The smallest absolute Gasteiger partial charge is 0.314 e. The van der Waals surface area contributed by atoms with Gasteiger partial charge in [0.1, 0.15) is 0 Å². The van der Waals surface area contributed by atoms with Gasteiger partial charge in [-0.2, -0.15) is 9.49 Å². The first kappa shape index (κ1) is 15.3. The minimum absolute atomic E-state index is 0.00109. The SMILES string of the molecule is Cn1nc(NC(=O)N2[C@H]3CC[C@@H]2c2ccnc(F)c2C3)c2ccccc21. The summed E-state index contributed by atoms with van der Waals surface area (Å²) in [6.07, 6.45) is 3.71. The van der Waals surface area contributed by atoms with Crippen LogP contribution < -0.4 is 5.32 Å². The molecule has 1 saturated heterocycles. The number of nitrogens with one attached hydrogen (secondary N) is 1. The molecule has 2 atom stereocenters. The van der Waals surface area contributed by atoms with Crippen LogP contribution in [0.2, 0.25) is 0 Å². The van der Waals surface area contributed by atoms with E-state index in [0.29, 0.717) is 17.8 Å². The van der Waals surface area contributed by atoms with E-state index in [0.717, 1.165) is 29.3 Å². The Labute approximate surface area is 149 Å². The number of carbonyl (C=O) groups excluding carboxylic acids is 1. The lowest BCUT2D eigenvalue weighted by molar-refractivity contribution is 0.178. The summed E-state index contributed by atoms with van der Waals surface area (Å²) in [6, 6.07) is 9.34. The standard InChI is InChI=1S/C19H18FN5O/c1-24-15-5-3-2-4-13(15)18(23-24)22-19(26)25-11-6-7-16(25)12-8-9-21-17(20)14(12)10-11/h2-5,8-9,11,16H,6-7,10H2,1H3,(H,22,23,26)/t11-,16+/m0/s1. The van der Waals surface area contributed by atoms with E-state index in [-0.39, 0.29) is 18.1 Å². The van der Waals surface area contributed by atoms with Gasteiger partial charge < -0.3 is 4.90 Å². The third-order valence-corrected chi connectivity index (χ3v) is 5.56. The Bertz CT molecular complexity index is 1030. The maximum absolute atomic E-state index is 14.1. The molecule has 2 amide bonds. The molecule has 3 aromatic rings. The number of aryl methyl sites for hydroxylation is 1. The zero-order chi connectivity index (χ0) is 17.8. The van der Waals surface area contributed by atoms with E-state index >= 15 is 0 Å². The van der Waals surface area contributed by atoms with Gasteiger partial charge in [-0.25, -0.2) is 9.78 Å². The number of nitrogens with zero attached hydrogens (tertiary/aromatic N) is 4. The van der Waals surface area contributed by atoms with Gasteiger partial charge in [0.25, 0.3) is 0 Å². The van der Waals surface area contributed by atoms with Crippen molar-refractivity contribution >= 4 is 22.8 Å². The molecular weight excluding hydrogens is 333 g/mol. The minimum Gasteiger partial charge on any atom is -0.314 e. The minimum atomic E-state index is -0.407. The Hall–Kier alpha value is -2.96. The number of fused-ring (bicyclic) bond motifs is 5. The quantitative estimate of drug-likeness (QED) is 0.684. The van der Waals surface area contributed by atoms with E-state index in [1.54, 1.807) is 4.68 Å². The van der Waals surface area contributed by atoms with Crippen molar-refractivity contribution in [1.29, 1.82) is 0 Å². The highest BCUT2D eigenvalue weighted by molar-refractivity contribution is 5.99. The van der Waals surface area contributed by atoms with Gasteiger partial charge in [-0.05, 0) is 43.0 Å². The van der Waals surface area contributed by atoms with Crippen LogP contribution in [-0.2, 0) is 13.5 Å². The molecule has 0 saturated carbocycles. The van der Waals surface area contributed by atoms with E-state index in [2.05, 4.69) is 15.4 Å². The van der Waals surface area contributed by atoms with Crippen molar-refractivity contribution in [2.45, 2.75) is 31.3 Å². The van der Waals surface area contributed by atoms with Crippen molar-refractivity contribution in [3.8, 4) is 0 Å². The number of hydrogen-bond donors (Lipinski definition) is 1. The third kappa shape index (κ3) is 2.13. The number of anilines is 1. The van der Waals surface area contributed by atoms with Gasteiger partial charge in [0.15, 0.2) is 5.82 Å². The lowest BCUT2D eigenvalue weighted by Gasteiger charge is -2.36. The maximum Gasteiger partial charge on any atom is 0.323 e. The Morgan fingerprint density at radius 3 is 3.00 bits per heavy atom. The largest absolute Gasteiger partial charge is 0.323 e. The van der Waals surface area contributed by atoms with Crippen LogP contribution in [0.15, 0.2) is 36.5 Å². The van der Waals surface area contributed by atoms with E-state index in [9.17, 15) is 9.18 Å². The molecule has 1 aromatic carbocycles. The lowest BCUT2D eigenvalue weighted by Crippen LogP contribution is -2.44. The van der Waals surface area contributed by atoms with Crippen LogP contribution in [-0.4, -0.2) is 31.7 Å². The third-order valence-electron chi connectivity index (χ3n) is 5.56. The number of carbonyl (C=O) groups is 1. The fourth-order valence-electron chi connectivity index (χ4n) is 4.40. The first-order valence-electron chi connectivity index (χ1n) is 8.78. The molecule has 2 aromatic heterocycles. The number of hydrogen-bond acceptors (Lipinski definition) is 3. The number of pyridine rings is 1. The van der Waals surface area contributed by atoms with E-state index < -0.39 is 5.95 Å². The second-order valence-electron chi connectivity index (χ2n) is 6.95. The van der Waals surface area contributed by atoms with E-state index in [1.807, 2.05) is 42.3 Å². The molecule has 2 bridgehead atoms. The summed E-state index contributed by atoms with van der Waals surface area (Å²) in [5.41, 5.74) is 2.50. The highest BCUT2D eigenvalue weighted by Crippen LogP contribution is 2.44. The van der Waals surface area contributed by atoms with Crippen molar-refractivity contribution in [2.75, 3.05) is 5.32 Å². The van der Waals surface area contributed by atoms with Gasteiger partial charge in [0, 0.05) is 30.2 Å². The number of rotatable bonds is 1. The summed E-state index contributed by atoms with van der Waals surface area (Å²) in [7, 11) is 1.86. The molecule has 7 heteroatoms.